The molecule has 17 heavy (non-hydrogen) atoms. The van der Waals surface area contributed by atoms with Crippen LogP contribution in [-0.2, 0) is 6.42 Å². The Balaban J connectivity index is 0.00000256. The van der Waals surface area contributed by atoms with Crippen LogP contribution in [0.3, 0.4) is 0 Å². The molecule has 0 bridgehead atoms. The third-order valence-electron chi connectivity index (χ3n) is 2.19. The number of rotatable bonds is 5. The maximum atomic E-state index is 12.2. The molecule has 0 amide bonds. The summed E-state index contributed by atoms with van der Waals surface area (Å²) in [5, 5.41) is 0. The Morgan fingerprint density at radius 3 is 2.53 bits per heavy atom. The third-order valence-corrected chi connectivity index (χ3v) is 2.19. The van der Waals surface area contributed by atoms with Crippen molar-refractivity contribution in [2.24, 2.45) is 0 Å². The van der Waals surface area contributed by atoms with E-state index >= 15 is 0 Å². The Morgan fingerprint density at radius 1 is 1.35 bits per heavy atom. The van der Waals surface area contributed by atoms with Gasteiger partial charge in [-0.1, -0.05) is 19.1 Å². The van der Waals surface area contributed by atoms with Gasteiger partial charge in [0, 0.05) is 0 Å². The quantitative estimate of drug-likeness (QED) is 0.710. The Kier molecular flexibility index (Phi) is 7.75. The number of benzene rings is 1. The number of aryl methyl sites for hydroxylation is 1. The monoisotopic (exact) mass is 268 g/mol. The molecule has 0 saturated heterocycles. The van der Waals surface area contributed by atoms with Gasteiger partial charge in [-0.25, -0.2) is 0 Å². The fourth-order valence-electron chi connectivity index (χ4n) is 1.13. The van der Waals surface area contributed by atoms with Gasteiger partial charge in [0.15, 0.2) is 0 Å². The molecule has 1 aromatic rings. The molecule has 1 nitrogen and oxygen atoms in total. The van der Waals surface area contributed by atoms with Crippen molar-refractivity contribution < 1.29 is 69.1 Å². The standard InChI is InChI=1S/C11H13BF3O.K/c1-3-10-5-4-6-11(7-10)16-8-9(2)12(13,14)15;/h4-7H,2-3,8H2,1H3;/q-1;+1. The molecule has 0 unspecified atom stereocenters. The summed E-state index contributed by atoms with van der Waals surface area (Å²) in [6, 6.07) is 7.03. The van der Waals surface area contributed by atoms with Crippen molar-refractivity contribution in [2.45, 2.75) is 13.3 Å². The van der Waals surface area contributed by atoms with Crippen LogP contribution in [0.5, 0.6) is 5.75 Å². The van der Waals surface area contributed by atoms with E-state index in [2.05, 4.69) is 6.58 Å². The number of ether oxygens (including phenoxy) is 1. The normalized spacial score (nSPS) is 10.6. The summed E-state index contributed by atoms with van der Waals surface area (Å²) in [6.07, 6.45) is 0.821. The van der Waals surface area contributed by atoms with Gasteiger partial charge >= 0.3 is 58.4 Å². The predicted molar refractivity (Wildman–Crippen MR) is 59.5 cm³/mol. The molecule has 0 atom stereocenters. The van der Waals surface area contributed by atoms with Gasteiger partial charge in [0.2, 0.25) is 0 Å². The van der Waals surface area contributed by atoms with Crippen molar-refractivity contribution in [1.82, 2.24) is 0 Å². The zero-order chi connectivity index (χ0) is 12.2. The molecular weight excluding hydrogens is 255 g/mol. The van der Waals surface area contributed by atoms with E-state index in [1.54, 1.807) is 18.2 Å². The van der Waals surface area contributed by atoms with Gasteiger partial charge in [0.25, 0.3) is 0 Å². The number of halogens is 3. The van der Waals surface area contributed by atoms with E-state index in [1.165, 1.54) is 0 Å². The maximum Gasteiger partial charge on any atom is 1.00 e. The van der Waals surface area contributed by atoms with Gasteiger partial charge in [0.1, 0.15) is 5.75 Å². The van der Waals surface area contributed by atoms with Gasteiger partial charge in [-0.2, -0.15) is 0 Å². The smallest absolute Gasteiger partial charge is 0.492 e. The van der Waals surface area contributed by atoms with Crippen LogP contribution in [0.2, 0.25) is 0 Å². The van der Waals surface area contributed by atoms with Crippen LogP contribution in [0.25, 0.3) is 0 Å². The maximum absolute atomic E-state index is 12.2. The minimum absolute atomic E-state index is 0. The predicted octanol–water partition coefficient (Wildman–Crippen LogP) is 0.575. The van der Waals surface area contributed by atoms with Crippen molar-refractivity contribution in [3.05, 3.63) is 41.9 Å². The summed E-state index contributed by atoms with van der Waals surface area (Å²) in [7, 11) is 0. The summed E-state index contributed by atoms with van der Waals surface area (Å²) >= 11 is 0. The largest absolute Gasteiger partial charge is 1.00 e. The molecule has 1 aromatic carbocycles. The molecule has 1 rings (SSSR count). The molecule has 0 fully saturated rings. The van der Waals surface area contributed by atoms with Crippen molar-refractivity contribution in [2.75, 3.05) is 6.61 Å². The van der Waals surface area contributed by atoms with Crippen LogP contribution in [0, 0.1) is 0 Å². The van der Waals surface area contributed by atoms with Crippen LogP contribution in [0.15, 0.2) is 36.3 Å². The second-order valence-electron chi connectivity index (χ2n) is 3.52. The molecule has 88 valence electrons. The first-order valence-corrected chi connectivity index (χ1v) is 5.03. The Hall–Kier alpha value is 0.251. The average molecular weight is 268 g/mol. The van der Waals surface area contributed by atoms with E-state index in [1.807, 2.05) is 13.0 Å². The minimum atomic E-state index is -5.00. The molecule has 0 N–H and O–H groups in total. The van der Waals surface area contributed by atoms with Crippen LogP contribution in [0.4, 0.5) is 12.9 Å². The van der Waals surface area contributed by atoms with Crippen molar-refractivity contribution in [1.29, 1.82) is 0 Å². The summed E-state index contributed by atoms with van der Waals surface area (Å²) in [4.78, 5) is 0. The summed E-state index contributed by atoms with van der Waals surface area (Å²) in [6.45, 7) is -0.576. The summed E-state index contributed by atoms with van der Waals surface area (Å²) in [5.41, 5.74) is 0.211. The van der Waals surface area contributed by atoms with Crippen LogP contribution >= 0.6 is 0 Å². The van der Waals surface area contributed by atoms with Gasteiger partial charge < -0.3 is 17.7 Å². The SMILES string of the molecule is C=C(COc1cccc(CC)c1)[B-](F)(F)F.[K+]. The molecule has 0 saturated carbocycles. The first kappa shape index (κ1) is 17.3. The Morgan fingerprint density at radius 2 is 2.00 bits per heavy atom. The van der Waals surface area contributed by atoms with Crippen molar-refractivity contribution >= 4 is 6.98 Å². The van der Waals surface area contributed by atoms with Crippen LogP contribution in [-0.4, -0.2) is 13.6 Å². The molecule has 0 aliphatic rings. The fourth-order valence-corrected chi connectivity index (χ4v) is 1.13. The fraction of sp³-hybridized carbons (Fsp3) is 0.273. The van der Waals surface area contributed by atoms with Gasteiger partial charge in [-0.3, -0.25) is 0 Å². The Labute approximate surface area is 142 Å². The van der Waals surface area contributed by atoms with Gasteiger partial charge in [0.05, 0.1) is 6.61 Å². The minimum Gasteiger partial charge on any atom is -0.492 e. The summed E-state index contributed by atoms with van der Waals surface area (Å²) in [5.74, 6) is 0.445. The molecule has 6 heteroatoms. The van der Waals surface area contributed by atoms with E-state index in [4.69, 9.17) is 4.74 Å². The van der Waals surface area contributed by atoms with E-state index in [-0.39, 0.29) is 51.4 Å². The summed E-state index contributed by atoms with van der Waals surface area (Å²) < 4.78 is 41.6. The molecular formula is C11H13BF3KO. The topological polar surface area (TPSA) is 9.23 Å². The number of hydrogen-bond acceptors (Lipinski definition) is 1. The molecule has 0 aromatic heterocycles. The van der Waals surface area contributed by atoms with Gasteiger partial charge in [-0.05, 0) is 24.1 Å². The zero-order valence-electron chi connectivity index (χ0n) is 10.1. The third kappa shape index (κ3) is 6.11. The molecule has 0 radical (unpaired) electrons. The van der Waals surface area contributed by atoms with Crippen LogP contribution < -0.4 is 56.1 Å². The molecule has 0 heterocycles. The van der Waals surface area contributed by atoms with Crippen LogP contribution in [0.1, 0.15) is 12.5 Å². The molecule has 0 aliphatic carbocycles. The second kappa shape index (κ2) is 7.63. The van der Waals surface area contributed by atoms with E-state index in [9.17, 15) is 12.9 Å². The van der Waals surface area contributed by atoms with E-state index in [0.29, 0.717) is 5.75 Å². The van der Waals surface area contributed by atoms with Gasteiger partial charge in [-0.15, -0.1) is 12.1 Å². The number of hydrogen-bond donors (Lipinski definition) is 0. The molecule has 0 spiro atoms. The Bertz CT molecular complexity index is 379. The van der Waals surface area contributed by atoms with Crippen molar-refractivity contribution in [3.8, 4) is 5.75 Å². The first-order chi connectivity index (χ1) is 7.43. The van der Waals surface area contributed by atoms with E-state index in [0.717, 1.165) is 12.0 Å². The zero-order valence-corrected chi connectivity index (χ0v) is 13.2. The van der Waals surface area contributed by atoms with E-state index < -0.39 is 19.1 Å². The van der Waals surface area contributed by atoms with Crippen molar-refractivity contribution in [3.63, 3.8) is 0 Å². The average Bonchev–Trinajstić information content (AvgIpc) is 2.25. The second-order valence-corrected chi connectivity index (χ2v) is 3.52. The first-order valence-electron chi connectivity index (χ1n) is 5.03. The molecule has 0 aliphatic heterocycles.